The maximum absolute atomic E-state index is 11.9. The summed E-state index contributed by atoms with van der Waals surface area (Å²) >= 11 is 1.48. The summed E-state index contributed by atoms with van der Waals surface area (Å²) in [5, 5.41) is 2.72. The highest BCUT2D eigenvalue weighted by molar-refractivity contribution is 7.14. The molecule has 0 spiro atoms. The minimum atomic E-state index is -0.102. The molecule has 0 saturated heterocycles. The molecule has 0 atom stereocenters. The van der Waals surface area contributed by atoms with Crippen LogP contribution in [-0.2, 0) is 9.53 Å². The summed E-state index contributed by atoms with van der Waals surface area (Å²) in [6, 6.07) is 3.75. The van der Waals surface area contributed by atoms with Gasteiger partial charge >= 0.3 is 0 Å². The fraction of sp³-hybridized carbons (Fsp3) is 0.538. The lowest BCUT2D eigenvalue weighted by Gasteiger charge is -2.14. The third-order valence-corrected chi connectivity index (χ3v) is 3.51. The number of rotatable bonds is 8. The smallest absolute Gasteiger partial charge is 0.234 e. The van der Waals surface area contributed by atoms with Crippen LogP contribution >= 0.6 is 11.3 Å². The molecule has 0 aromatic carbocycles. The number of ether oxygens (including phenoxy) is 1. The number of hydrogen-bond acceptors (Lipinski definition) is 5. The number of methoxy groups -OCH3 is 1. The molecule has 0 aliphatic heterocycles. The Kier molecular flexibility index (Phi) is 6.69. The summed E-state index contributed by atoms with van der Waals surface area (Å²) in [6.45, 7) is 3.40. The van der Waals surface area contributed by atoms with Gasteiger partial charge in [-0.15, -0.1) is 11.3 Å². The van der Waals surface area contributed by atoms with E-state index < -0.39 is 0 Å². The summed E-state index contributed by atoms with van der Waals surface area (Å²) < 4.78 is 4.84. The molecule has 0 aliphatic carbocycles. The quantitative estimate of drug-likeness (QED) is 0.570. The van der Waals surface area contributed by atoms with Gasteiger partial charge in [0, 0.05) is 18.5 Å². The van der Waals surface area contributed by atoms with Crippen molar-refractivity contribution in [2.24, 2.45) is 0 Å². The number of hydrogen-bond donors (Lipinski definition) is 1. The van der Waals surface area contributed by atoms with Gasteiger partial charge in [-0.25, -0.2) is 0 Å². The predicted octanol–water partition coefficient (Wildman–Crippen LogP) is 0.934. The van der Waals surface area contributed by atoms with Gasteiger partial charge in [0.1, 0.15) is 0 Å². The minimum Gasteiger partial charge on any atom is -0.383 e. The summed E-state index contributed by atoms with van der Waals surface area (Å²) in [4.78, 5) is 27.0. The van der Waals surface area contributed by atoms with Crippen molar-refractivity contribution >= 4 is 23.0 Å². The molecule has 0 unspecified atom stereocenters. The van der Waals surface area contributed by atoms with Crippen LogP contribution in [0.4, 0.5) is 0 Å². The van der Waals surface area contributed by atoms with Crippen LogP contribution in [0.15, 0.2) is 12.1 Å². The van der Waals surface area contributed by atoms with Crippen molar-refractivity contribution in [1.82, 2.24) is 10.2 Å². The standard InChI is InChI=1S/C13H20N2O3S/c1-10-4-5-12(19-10)11(16)8-15(2)9-13(17)14-6-7-18-3/h4-5H,6-9H2,1-3H3,(H,14,17). The molecule has 1 aromatic heterocycles. The van der Waals surface area contributed by atoms with E-state index in [2.05, 4.69) is 5.32 Å². The van der Waals surface area contributed by atoms with E-state index in [4.69, 9.17) is 4.74 Å². The Hall–Kier alpha value is -1.24. The Morgan fingerprint density at radius 1 is 1.37 bits per heavy atom. The van der Waals surface area contributed by atoms with E-state index in [9.17, 15) is 9.59 Å². The average Bonchev–Trinajstić information content (AvgIpc) is 2.76. The highest BCUT2D eigenvalue weighted by atomic mass is 32.1. The monoisotopic (exact) mass is 284 g/mol. The number of thiophene rings is 1. The van der Waals surface area contributed by atoms with Crippen molar-refractivity contribution in [3.05, 3.63) is 21.9 Å². The molecule has 1 amide bonds. The largest absolute Gasteiger partial charge is 0.383 e. The molecule has 0 bridgehead atoms. The van der Waals surface area contributed by atoms with Crippen LogP contribution in [0.5, 0.6) is 0 Å². The summed E-state index contributed by atoms with van der Waals surface area (Å²) in [7, 11) is 3.34. The van der Waals surface area contributed by atoms with Gasteiger partial charge in [0.15, 0.2) is 5.78 Å². The highest BCUT2D eigenvalue weighted by Crippen LogP contribution is 2.15. The summed E-state index contributed by atoms with van der Waals surface area (Å²) in [5.41, 5.74) is 0. The summed E-state index contributed by atoms with van der Waals surface area (Å²) in [6.07, 6.45) is 0. The van der Waals surface area contributed by atoms with Crippen LogP contribution in [-0.4, -0.2) is 57.0 Å². The molecule has 1 aromatic rings. The van der Waals surface area contributed by atoms with E-state index in [1.807, 2.05) is 19.1 Å². The second-order valence-electron chi connectivity index (χ2n) is 4.35. The Morgan fingerprint density at radius 3 is 2.68 bits per heavy atom. The molecule has 1 heterocycles. The Balaban J connectivity index is 2.32. The number of aryl methyl sites for hydroxylation is 1. The lowest BCUT2D eigenvalue weighted by molar-refractivity contribution is -0.122. The third-order valence-electron chi connectivity index (χ3n) is 2.47. The molecule has 0 radical (unpaired) electrons. The predicted molar refractivity (Wildman–Crippen MR) is 75.8 cm³/mol. The molecule has 106 valence electrons. The van der Waals surface area contributed by atoms with Crippen LogP contribution in [0.1, 0.15) is 14.5 Å². The first kappa shape index (κ1) is 15.8. The first-order chi connectivity index (χ1) is 9.02. The van der Waals surface area contributed by atoms with Crippen LogP contribution in [0.2, 0.25) is 0 Å². The number of carbonyl (C=O) groups is 2. The van der Waals surface area contributed by atoms with E-state index in [0.29, 0.717) is 13.2 Å². The molecule has 0 fully saturated rings. The van der Waals surface area contributed by atoms with E-state index >= 15 is 0 Å². The van der Waals surface area contributed by atoms with Crippen molar-refractivity contribution in [2.45, 2.75) is 6.92 Å². The number of carbonyl (C=O) groups excluding carboxylic acids is 2. The van der Waals surface area contributed by atoms with Gasteiger partial charge in [0.2, 0.25) is 5.91 Å². The first-order valence-corrected chi connectivity index (χ1v) is 6.88. The lowest BCUT2D eigenvalue weighted by Crippen LogP contribution is -2.38. The van der Waals surface area contributed by atoms with E-state index in [1.54, 1.807) is 19.1 Å². The first-order valence-electron chi connectivity index (χ1n) is 6.06. The molecular formula is C13H20N2O3S. The van der Waals surface area contributed by atoms with Gasteiger partial charge in [-0.2, -0.15) is 0 Å². The number of nitrogens with one attached hydrogen (secondary N) is 1. The molecule has 19 heavy (non-hydrogen) atoms. The number of ketones is 1. The second-order valence-corrected chi connectivity index (χ2v) is 5.64. The van der Waals surface area contributed by atoms with Gasteiger partial charge in [-0.3, -0.25) is 14.5 Å². The number of likely N-dealkylation sites (N-methyl/N-ethyl adjacent to an activating group) is 1. The zero-order valence-electron chi connectivity index (χ0n) is 11.6. The van der Waals surface area contributed by atoms with Crippen molar-refractivity contribution in [2.75, 3.05) is 40.4 Å². The van der Waals surface area contributed by atoms with Gasteiger partial charge in [-0.05, 0) is 26.1 Å². The van der Waals surface area contributed by atoms with Crippen molar-refractivity contribution in [3.63, 3.8) is 0 Å². The molecule has 6 heteroatoms. The van der Waals surface area contributed by atoms with Crippen LogP contribution in [0.3, 0.4) is 0 Å². The Bertz CT molecular complexity index is 431. The fourth-order valence-corrected chi connectivity index (χ4v) is 2.35. The maximum atomic E-state index is 11.9. The topological polar surface area (TPSA) is 58.6 Å². The Morgan fingerprint density at radius 2 is 2.11 bits per heavy atom. The maximum Gasteiger partial charge on any atom is 0.234 e. The van der Waals surface area contributed by atoms with Crippen LogP contribution < -0.4 is 5.32 Å². The Labute approximate surface area is 117 Å². The molecular weight excluding hydrogens is 264 g/mol. The van der Waals surface area contributed by atoms with E-state index in [-0.39, 0.29) is 24.8 Å². The summed E-state index contributed by atoms with van der Waals surface area (Å²) in [5.74, 6) is -0.0556. The molecule has 0 saturated carbocycles. The number of Topliss-reactive ketones (excluding diaryl/α,β-unsaturated/α-hetero) is 1. The molecule has 1 rings (SSSR count). The normalized spacial score (nSPS) is 10.7. The van der Waals surface area contributed by atoms with E-state index in [1.165, 1.54) is 11.3 Å². The average molecular weight is 284 g/mol. The van der Waals surface area contributed by atoms with Crippen molar-refractivity contribution < 1.29 is 14.3 Å². The second kappa shape index (κ2) is 8.04. The van der Waals surface area contributed by atoms with Crippen molar-refractivity contribution in [1.29, 1.82) is 0 Å². The zero-order chi connectivity index (χ0) is 14.3. The molecule has 5 nitrogen and oxygen atoms in total. The molecule has 1 N–H and O–H groups in total. The van der Waals surface area contributed by atoms with Crippen molar-refractivity contribution in [3.8, 4) is 0 Å². The van der Waals surface area contributed by atoms with Gasteiger partial charge in [-0.1, -0.05) is 0 Å². The van der Waals surface area contributed by atoms with Gasteiger partial charge in [0.25, 0.3) is 0 Å². The lowest BCUT2D eigenvalue weighted by atomic mass is 10.3. The van der Waals surface area contributed by atoms with E-state index in [0.717, 1.165) is 9.75 Å². The van der Waals surface area contributed by atoms with Gasteiger partial charge < -0.3 is 10.1 Å². The highest BCUT2D eigenvalue weighted by Gasteiger charge is 2.13. The van der Waals surface area contributed by atoms with Crippen LogP contribution in [0.25, 0.3) is 0 Å². The number of nitrogens with zero attached hydrogens (tertiary/aromatic N) is 1. The molecule has 0 aliphatic rings. The zero-order valence-corrected chi connectivity index (χ0v) is 12.4. The minimum absolute atomic E-state index is 0.0466. The van der Waals surface area contributed by atoms with Gasteiger partial charge in [0.05, 0.1) is 24.6 Å². The fourth-order valence-electron chi connectivity index (χ4n) is 1.56. The number of amides is 1. The SMILES string of the molecule is COCCNC(=O)CN(C)CC(=O)c1ccc(C)s1. The van der Waals surface area contributed by atoms with Crippen LogP contribution in [0, 0.1) is 6.92 Å². The third kappa shape index (κ3) is 5.96.